The van der Waals surface area contributed by atoms with Crippen molar-refractivity contribution in [2.24, 2.45) is 0 Å². The fourth-order valence-corrected chi connectivity index (χ4v) is 4.06. The number of carbonyl (C=O) groups is 2. The van der Waals surface area contributed by atoms with E-state index in [0.717, 1.165) is 17.6 Å². The summed E-state index contributed by atoms with van der Waals surface area (Å²) in [6.45, 7) is 5.45. The van der Waals surface area contributed by atoms with E-state index in [1.807, 2.05) is 18.2 Å². The van der Waals surface area contributed by atoms with Gasteiger partial charge in [-0.1, -0.05) is 18.2 Å². The van der Waals surface area contributed by atoms with E-state index in [1.54, 1.807) is 24.4 Å². The molecular weight excluding hydrogens is 370 g/mol. The molecule has 2 aliphatic carbocycles. The Morgan fingerprint density at radius 2 is 2.07 bits per heavy atom. The summed E-state index contributed by atoms with van der Waals surface area (Å²) < 4.78 is 17.8. The van der Waals surface area contributed by atoms with Crippen molar-refractivity contribution in [3.8, 4) is 0 Å². The van der Waals surface area contributed by atoms with Crippen LogP contribution in [0.3, 0.4) is 0 Å². The smallest absolute Gasteiger partial charge is 0.345 e. The summed E-state index contributed by atoms with van der Waals surface area (Å²) in [5, 5.41) is 0. The second-order valence-electron chi connectivity index (χ2n) is 7.98. The van der Waals surface area contributed by atoms with Gasteiger partial charge in [-0.05, 0) is 50.5 Å². The van der Waals surface area contributed by atoms with Gasteiger partial charge in [0.15, 0.2) is 11.5 Å². The molecule has 29 heavy (non-hydrogen) atoms. The van der Waals surface area contributed by atoms with E-state index in [4.69, 9.17) is 14.2 Å². The topological polar surface area (TPSA) is 74.7 Å². The zero-order valence-electron chi connectivity index (χ0n) is 16.7. The van der Waals surface area contributed by atoms with Crippen LogP contribution in [0.4, 0.5) is 0 Å². The van der Waals surface area contributed by atoms with Gasteiger partial charge in [0, 0.05) is 31.3 Å². The first-order valence-electron chi connectivity index (χ1n) is 9.65. The average Bonchev–Trinajstić information content (AvgIpc) is 2.67. The fourth-order valence-electron chi connectivity index (χ4n) is 4.06. The molecule has 1 atom stereocenters. The molecule has 1 aromatic heterocycles. The molecule has 1 aromatic rings. The normalized spacial score (nSPS) is 24.7. The number of aromatic nitrogens is 1. The largest absolute Gasteiger partial charge is 0.423 e. The number of hydrogen-bond donors (Lipinski definition) is 0. The zero-order valence-corrected chi connectivity index (χ0v) is 16.7. The number of ether oxygens (including phenoxy) is 3. The van der Waals surface area contributed by atoms with Crippen molar-refractivity contribution in [2.75, 3.05) is 0 Å². The van der Waals surface area contributed by atoms with Crippen LogP contribution in [0.25, 0.3) is 0 Å². The molecule has 1 fully saturated rings. The van der Waals surface area contributed by atoms with Gasteiger partial charge in [0.1, 0.15) is 5.60 Å². The SMILES string of the molecule is CC(=O)OC1=C2CCC(C)(C)OC23CC=CC=C3C=C1OC(=O)c1cccnc1. The lowest BCUT2D eigenvalue weighted by atomic mass is 9.71. The Hall–Kier alpha value is -2.99. The van der Waals surface area contributed by atoms with Gasteiger partial charge in [-0.2, -0.15) is 0 Å². The highest BCUT2D eigenvalue weighted by Crippen LogP contribution is 2.52. The van der Waals surface area contributed by atoms with Crippen LogP contribution in [0.2, 0.25) is 0 Å². The van der Waals surface area contributed by atoms with Gasteiger partial charge in [0.2, 0.25) is 0 Å². The number of hydrogen-bond acceptors (Lipinski definition) is 6. The molecule has 2 heterocycles. The third-order valence-corrected chi connectivity index (χ3v) is 5.33. The van der Waals surface area contributed by atoms with Crippen LogP contribution in [0.5, 0.6) is 0 Å². The fraction of sp³-hybridized carbons (Fsp3) is 0.348. The molecule has 6 heteroatoms. The van der Waals surface area contributed by atoms with E-state index in [9.17, 15) is 9.59 Å². The highest BCUT2D eigenvalue weighted by molar-refractivity contribution is 5.90. The zero-order chi connectivity index (χ0) is 20.6. The Kier molecular flexibility index (Phi) is 4.74. The van der Waals surface area contributed by atoms with Crippen LogP contribution >= 0.6 is 0 Å². The van der Waals surface area contributed by atoms with E-state index in [1.165, 1.54) is 13.1 Å². The number of nitrogens with zero attached hydrogens (tertiary/aromatic N) is 1. The molecular formula is C23H23NO5. The number of allylic oxidation sites excluding steroid dienone is 2. The van der Waals surface area contributed by atoms with Gasteiger partial charge in [-0.3, -0.25) is 9.78 Å². The Morgan fingerprint density at radius 1 is 1.24 bits per heavy atom. The Labute approximate surface area is 169 Å². The highest BCUT2D eigenvalue weighted by atomic mass is 16.6. The molecule has 0 amide bonds. The Balaban J connectivity index is 1.79. The number of esters is 2. The van der Waals surface area contributed by atoms with Crippen LogP contribution in [-0.4, -0.2) is 28.1 Å². The maximum absolute atomic E-state index is 12.6. The number of carbonyl (C=O) groups excluding carboxylic acids is 2. The maximum atomic E-state index is 12.6. The molecule has 1 spiro atoms. The summed E-state index contributed by atoms with van der Waals surface area (Å²) in [4.78, 5) is 28.5. The van der Waals surface area contributed by atoms with Crippen molar-refractivity contribution in [1.29, 1.82) is 0 Å². The van der Waals surface area contributed by atoms with E-state index in [-0.39, 0.29) is 17.1 Å². The summed E-state index contributed by atoms with van der Waals surface area (Å²) in [6, 6.07) is 3.28. The molecule has 3 aliphatic rings. The first-order chi connectivity index (χ1) is 13.8. The molecule has 0 aromatic carbocycles. The molecule has 0 radical (unpaired) electrons. The van der Waals surface area contributed by atoms with E-state index in [2.05, 4.69) is 18.8 Å². The maximum Gasteiger partial charge on any atom is 0.345 e. The molecule has 0 saturated carbocycles. The van der Waals surface area contributed by atoms with Crippen molar-refractivity contribution in [3.05, 3.63) is 77.1 Å². The van der Waals surface area contributed by atoms with Gasteiger partial charge in [0.05, 0.1) is 11.2 Å². The minimum absolute atomic E-state index is 0.213. The average molecular weight is 393 g/mol. The van der Waals surface area contributed by atoms with Crippen molar-refractivity contribution >= 4 is 11.9 Å². The molecule has 6 nitrogen and oxygen atoms in total. The molecule has 1 aliphatic heterocycles. The lowest BCUT2D eigenvalue weighted by Gasteiger charge is -2.50. The van der Waals surface area contributed by atoms with Crippen LogP contribution in [0, 0.1) is 0 Å². The van der Waals surface area contributed by atoms with Gasteiger partial charge in [-0.15, -0.1) is 0 Å². The first kappa shape index (κ1) is 19.3. The predicted molar refractivity (Wildman–Crippen MR) is 105 cm³/mol. The molecule has 1 saturated heterocycles. The Bertz CT molecular complexity index is 984. The predicted octanol–water partition coefficient (Wildman–Crippen LogP) is 4.17. The molecule has 0 N–H and O–H groups in total. The van der Waals surface area contributed by atoms with E-state index < -0.39 is 17.5 Å². The monoisotopic (exact) mass is 393 g/mol. The summed E-state index contributed by atoms with van der Waals surface area (Å²) in [5.74, 6) is -0.553. The number of rotatable bonds is 3. The van der Waals surface area contributed by atoms with Crippen molar-refractivity contribution < 1.29 is 23.8 Å². The van der Waals surface area contributed by atoms with Gasteiger partial charge >= 0.3 is 11.9 Å². The number of pyridine rings is 1. The highest BCUT2D eigenvalue weighted by Gasteiger charge is 2.51. The molecule has 0 bridgehead atoms. The van der Waals surface area contributed by atoms with Gasteiger partial charge in [-0.25, -0.2) is 4.79 Å². The van der Waals surface area contributed by atoms with Crippen molar-refractivity contribution in [1.82, 2.24) is 4.98 Å². The van der Waals surface area contributed by atoms with Crippen LogP contribution in [0.15, 0.2) is 71.5 Å². The molecule has 1 unspecified atom stereocenters. The Morgan fingerprint density at radius 3 is 2.79 bits per heavy atom. The summed E-state index contributed by atoms with van der Waals surface area (Å²) in [5.41, 5.74) is 0.987. The minimum atomic E-state index is -0.717. The first-order valence-corrected chi connectivity index (χ1v) is 9.65. The van der Waals surface area contributed by atoms with Crippen molar-refractivity contribution in [2.45, 2.75) is 51.2 Å². The van der Waals surface area contributed by atoms with E-state index >= 15 is 0 Å². The lowest BCUT2D eigenvalue weighted by Crippen LogP contribution is -2.50. The van der Waals surface area contributed by atoms with Gasteiger partial charge in [0.25, 0.3) is 0 Å². The summed E-state index contributed by atoms with van der Waals surface area (Å²) >= 11 is 0. The molecule has 150 valence electrons. The summed E-state index contributed by atoms with van der Waals surface area (Å²) in [7, 11) is 0. The van der Waals surface area contributed by atoms with Crippen molar-refractivity contribution in [3.63, 3.8) is 0 Å². The van der Waals surface area contributed by atoms with Crippen LogP contribution < -0.4 is 0 Å². The standard InChI is InChI=1S/C23H23NO5/c1-15(25)27-20-18-9-11-22(2,3)29-23(18)10-5-4-8-17(23)13-19(20)28-21(26)16-7-6-12-24-14-16/h4-8,12-14H,9-11H2,1-3H3. The molecule has 4 rings (SSSR count). The third-order valence-electron chi connectivity index (χ3n) is 5.33. The second-order valence-corrected chi connectivity index (χ2v) is 7.98. The minimum Gasteiger partial charge on any atom is -0.423 e. The van der Waals surface area contributed by atoms with Gasteiger partial charge < -0.3 is 14.2 Å². The lowest BCUT2D eigenvalue weighted by molar-refractivity contribution is -0.140. The van der Waals surface area contributed by atoms with Crippen LogP contribution in [-0.2, 0) is 19.0 Å². The quantitative estimate of drug-likeness (QED) is 0.718. The summed E-state index contributed by atoms with van der Waals surface area (Å²) in [6.07, 6.45) is 12.8. The van der Waals surface area contributed by atoms with Crippen LogP contribution in [0.1, 0.15) is 50.4 Å². The third kappa shape index (κ3) is 3.56. The van der Waals surface area contributed by atoms with E-state index in [0.29, 0.717) is 18.4 Å². The second kappa shape index (κ2) is 7.12.